The lowest BCUT2D eigenvalue weighted by Gasteiger charge is -2.41. The lowest BCUT2D eigenvalue weighted by atomic mass is 9.83. The minimum Gasteiger partial charge on any atom is -0.396 e. The molecule has 0 radical (unpaired) electrons. The van der Waals surface area contributed by atoms with E-state index in [1.54, 1.807) is 0 Å². The van der Waals surface area contributed by atoms with Gasteiger partial charge in [-0.15, -0.1) is 12.4 Å². The summed E-state index contributed by atoms with van der Waals surface area (Å²) in [5, 5.41) is 12.5. The van der Waals surface area contributed by atoms with Gasteiger partial charge in [-0.2, -0.15) is 0 Å². The third kappa shape index (κ3) is 3.99. The summed E-state index contributed by atoms with van der Waals surface area (Å²) < 4.78 is 0. The van der Waals surface area contributed by atoms with Gasteiger partial charge in [-0.3, -0.25) is 0 Å². The largest absolute Gasteiger partial charge is 0.396 e. The molecule has 0 unspecified atom stereocenters. The Labute approximate surface area is 93.2 Å². The molecule has 0 aromatic carbocycles. The van der Waals surface area contributed by atoms with E-state index in [-0.39, 0.29) is 30.1 Å². The lowest BCUT2D eigenvalue weighted by Crippen LogP contribution is -2.54. The number of aliphatic hydroxyl groups is 1. The van der Waals surface area contributed by atoms with E-state index in [9.17, 15) is 0 Å². The number of rotatable bonds is 2. The molecule has 14 heavy (non-hydrogen) atoms. The van der Waals surface area contributed by atoms with Crippen LogP contribution in [0, 0.1) is 0 Å². The van der Waals surface area contributed by atoms with Crippen LogP contribution in [0.2, 0.25) is 0 Å². The van der Waals surface area contributed by atoms with Crippen LogP contribution in [0.15, 0.2) is 11.6 Å². The number of aliphatic hydroxyl groups excluding tert-OH is 1. The molecule has 0 aromatic rings. The highest BCUT2D eigenvalue weighted by molar-refractivity contribution is 5.85. The fraction of sp³-hybridized carbons (Fsp3) is 0.818. The molecule has 84 valence electrons. The maximum Gasteiger partial charge on any atom is 0.0468 e. The third-order valence-electron chi connectivity index (χ3n) is 2.33. The van der Waals surface area contributed by atoms with E-state index in [4.69, 9.17) is 5.11 Å². The molecule has 1 aliphatic rings. The fourth-order valence-electron chi connectivity index (χ4n) is 2.39. The monoisotopic (exact) mass is 219 g/mol. The Hall–Kier alpha value is -0.0500. The summed E-state index contributed by atoms with van der Waals surface area (Å²) in [7, 11) is 0. The number of nitrogens with one attached hydrogen (secondary N) is 1. The Morgan fingerprint density at radius 2 is 1.93 bits per heavy atom. The van der Waals surface area contributed by atoms with E-state index in [1.165, 1.54) is 5.57 Å². The standard InChI is InChI=1S/C11H21NO.ClH/c1-10(2)7-9(5-6-13)8-11(3,4)12-10;/h7,12-13H,5-6,8H2,1-4H3;1H. The van der Waals surface area contributed by atoms with E-state index in [0.717, 1.165) is 12.8 Å². The van der Waals surface area contributed by atoms with Crippen molar-refractivity contribution in [3.05, 3.63) is 11.6 Å². The average molecular weight is 220 g/mol. The van der Waals surface area contributed by atoms with Crippen molar-refractivity contribution in [3.63, 3.8) is 0 Å². The van der Waals surface area contributed by atoms with Crippen LogP contribution in [0.1, 0.15) is 40.5 Å². The quantitative estimate of drug-likeness (QED) is 0.699. The second kappa shape index (κ2) is 4.65. The number of halogens is 1. The normalized spacial score (nSPS) is 23.6. The SMILES string of the molecule is CC1(C)C=C(CCO)CC(C)(C)N1.Cl. The van der Waals surface area contributed by atoms with Crippen LogP contribution in [0.5, 0.6) is 0 Å². The minimum absolute atomic E-state index is 0. The predicted octanol–water partition coefficient (Wildman–Crippen LogP) is 2.27. The van der Waals surface area contributed by atoms with E-state index < -0.39 is 0 Å². The van der Waals surface area contributed by atoms with Crippen LogP contribution in [-0.2, 0) is 0 Å². The van der Waals surface area contributed by atoms with Crippen molar-refractivity contribution in [2.24, 2.45) is 0 Å². The summed E-state index contributed by atoms with van der Waals surface area (Å²) in [5.74, 6) is 0. The maximum atomic E-state index is 8.90. The third-order valence-corrected chi connectivity index (χ3v) is 2.33. The number of hydrogen-bond acceptors (Lipinski definition) is 2. The Kier molecular flexibility index (Phi) is 4.63. The topological polar surface area (TPSA) is 32.3 Å². The molecular weight excluding hydrogens is 198 g/mol. The summed E-state index contributed by atoms with van der Waals surface area (Å²) in [5.41, 5.74) is 1.59. The molecule has 0 saturated heterocycles. The van der Waals surface area contributed by atoms with Gasteiger partial charge < -0.3 is 10.4 Å². The smallest absolute Gasteiger partial charge is 0.0468 e. The lowest BCUT2D eigenvalue weighted by molar-refractivity contribution is 0.261. The van der Waals surface area contributed by atoms with Gasteiger partial charge in [0, 0.05) is 17.7 Å². The van der Waals surface area contributed by atoms with Gasteiger partial charge in [0.2, 0.25) is 0 Å². The van der Waals surface area contributed by atoms with E-state index >= 15 is 0 Å². The molecule has 1 rings (SSSR count). The molecule has 3 heteroatoms. The zero-order valence-corrected chi connectivity index (χ0v) is 10.4. The van der Waals surface area contributed by atoms with Crippen molar-refractivity contribution in [2.75, 3.05) is 6.61 Å². The molecule has 0 aliphatic carbocycles. The molecule has 0 atom stereocenters. The molecule has 0 saturated carbocycles. The second-order valence-corrected chi connectivity index (χ2v) is 5.18. The van der Waals surface area contributed by atoms with Gasteiger partial charge in [0.15, 0.2) is 0 Å². The summed E-state index contributed by atoms with van der Waals surface area (Å²) in [6.07, 6.45) is 4.10. The van der Waals surface area contributed by atoms with E-state index in [0.29, 0.717) is 0 Å². The highest BCUT2D eigenvalue weighted by Gasteiger charge is 2.31. The van der Waals surface area contributed by atoms with Crippen molar-refractivity contribution in [1.82, 2.24) is 5.32 Å². The van der Waals surface area contributed by atoms with Gasteiger partial charge in [-0.25, -0.2) is 0 Å². The van der Waals surface area contributed by atoms with Crippen LogP contribution >= 0.6 is 12.4 Å². The average Bonchev–Trinajstić information content (AvgIpc) is 1.78. The van der Waals surface area contributed by atoms with Crippen molar-refractivity contribution >= 4 is 12.4 Å². The first-order valence-electron chi connectivity index (χ1n) is 4.95. The Morgan fingerprint density at radius 3 is 2.36 bits per heavy atom. The van der Waals surface area contributed by atoms with E-state index in [2.05, 4.69) is 39.1 Å². The molecule has 2 N–H and O–H groups in total. The summed E-state index contributed by atoms with van der Waals surface area (Å²) in [6, 6.07) is 0. The highest BCUT2D eigenvalue weighted by Crippen LogP contribution is 2.28. The van der Waals surface area contributed by atoms with Crippen molar-refractivity contribution < 1.29 is 5.11 Å². The molecule has 0 fully saturated rings. The van der Waals surface area contributed by atoms with Crippen LogP contribution in [-0.4, -0.2) is 22.8 Å². The predicted molar refractivity (Wildman–Crippen MR) is 62.9 cm³/mol. The van der Waals surface area contributed by atoms with Crippen molar-refractivity contribution in [2.45, 2.75) is 51.6 Å². The highest BCUT2D eigenvalue weighted by atomic mass is 35.5. The fourth-order valence-corrected chi connectivity index (χ4v) is 2.39. The summed E-state index contributed by atoms with van der Waals surface area (Å²) in [6.45, 7) is 9.02. The van der Waals surface area contributed by atoms with Crippen molar-refractivity contribution in [3.8, 4) is 0 Å². The van der Waals surface area contributed by atoms with Gasteiger partial charge >= 0.3 is 0 Å². The van der Waals surface area contributed by atoms with E-state index in [1.807, 2.05) is 0 Å². The van der Waals surface area contributed by atoms with Crippen LogP contribution in [0.3, 0.4) is 0 Å². The van der Waals surface area contributed by atoms with Crippen LogP contribution in [0.4, 0.5) is 0 Å². The van der Waals surface area contributed by atoms with Crippen molar-refractivity contribution in [1.29, 1.82) is 0 Å². The molecule has 0 spiro atoms. The van der Waals surface area contributed by atoms with Gasteiger partial charge in [0.1, 0.15) is 0 Å². The Balaban J connectivity index is 0.00000169. The molecule has 1 heterocycles. The number of hydrogen-bond donors (Lipinski definition) is 2. The Bertz CT molecular complexity index is 221. The molecular formula is C11H22ClNO. The molecule has 1 aliphatic heterocycles. The first-order valence-corrected chi connectivity index (χ1v) is 4.95. The molecule has 0 bridgehead atoms. The molecule has 0 aromatic heterocycles. The first-order chi connectivity index (χ1) is 5.85. The van der Waals surface area contributed by atoms with Crippen LogP contribution < -0.4 is 5.32 Å². The van der Waals surface area contributed by atoms with Gasteiger partial charge in [-0.1, -0.05) is 11.6 Å². The zero-order chi connectivity index (χ0) is 10.1. The zero-order valence-electron chi connectivity index (χ0n) is 9.55. The van der Waals surface area contributed by atoms with Gasteiger partial charge in [-0.05, 0) is 40.5 Å². The van der Waals surface area contributed by atoms with Crippen LogP contribution in [0.25, 0.3) is 0 Å². The maximum absolute atomic E-state index is 8.90. The first kappa shape index (κ1) is 13.9. The van der Waals surface area contributed by atoms with Gasteiger partial charge in [0.25, 0.3) is 0 Å². The van der Waals surface area contributed by atoms with Gasteiger partial charge in [0.05, 0.1) is 0 Å². The minimum atomic E-state index is 0. The molecule has 2 nitrogen and oxygen atoms in total. The Morgan fingerprint density at radius 1 is 1.36 bits per heavy atom. The summed E-state index contributed by atoms with van der Waals surface area (Å²) in [4.78, 5) is 0. The summed E-state index contributed by atoms with van der Waals surface area (Å²) >= 11 is 0. The molecule has 0 amide bonds. The second-order valence-electron chi connectivity index (χ2n) is 5.18.